The molecule has 2 bridgehead atoms. The van der Waals surface area contributed by atoms with Crippen LogP contribution in [-0.4, -0.2) is 42.8 Å². The number of carbonyl (C=O) groups excluding carboxylic acids is 2. The van der Waals surface area contributed by atoms with E-state index in [1.54, 1.807) is 7.05 Å². The lowest BCUT2D eigenvalue weighted by Gasteiger charge is -2.18. The molecule has 2 amide bonds. The van der Waals surface area contributed by atoms with E-state index in [2.05, 4.69) is 59.0 Å². The number of rotatable bonds is 5. The number of carbonyl (C=O) groups is 2. The molecule has 142 valence electrons. The fraction of sp³-hybridized carbons (Fsp3) is 0.476. The van der Waals surface area contributed by atoms with Crippen LogP contribution in [0.5, 0.6) is 0 Å². The minimum absolute atomic E-state index is 0.00579. The summed E-state index contributed by atoms with van der Waals surface area (Å²) in [6.45, 7) is 3.61. The molecule has 4 unspecified atom stereocenters. The zero-order valence-corrected chi connectivity index (χ0v) is 15.8. The van der Waals surface area contributed by atoms with Crippen molar-refractivity contribution in [2.24, 2.45) is 28.7 Å². The molecule has 27 heavy (non-hydrogen) atoms. The first-order valence-corrected chi connectivity index (χ1v) is 9.62. The van der Waals surface area contributed by atoms with Gasteiger partial charge in [-0.05, 0) is 30.7 Å². The molecule has 1 heterocycles. The number of guanidine groups is 1. The first kappa shape index (κ1) is 17.8. The van der Waals surface area contributed by atoms with Gasteiger partial charge in [-0.1, -0.05) is 42.0 Å². The van der Waals surface area contributed by atoms with Gasteiger partial charge in [0, 0.05) is 26.7 Å². The zero-order chi connectivity index (χ0) is 19.0. The van der Waals surface area contributed by atoms with Crippen LogP contribution in [0.25, 0.3) is 0 Å². The van der Waals surface area contributed by atoms with Gasteiger partial charge >= 0.3 is 0 Å². The SMILES string of the molecule is CN=C(NCCN1C(=O)C2C3C=CC(C3)C2C1=O)NCc1ccc(C)cc1. The molecule has 1 aromatic carbocycles. The lowest BCUT2D eigenvalue weighted by molar-refractivity contribution is -0.140. The smallest absolute Gasteiger partial charge is 0.233 e. The van der Waals surface area contributed by atoms with E-state index in [9.17, 15) is 9.59 Å². The minimum Gasteiger partial charge on any atom is -0.355 e. The van der Waals surface area contributed by atoms with Gasteiger partial charge in [0.2, 0.25) is 11.8 Å². The van der Waals surface area contributed by atoms with Crippen molar-refractivity contribution < 1.29 is 9.59 Å². The second kappa shape index (κ2) is 7.18. The number of nitrogens with zero attached hydrogens (tertiary/aromatic N) is 2. The van der Waals surface area contributed by atoms with E-state index in [1.165, 1.54) is 16.0 Å². The monoisotopic (exact) mass is 366 g/mol. The third kappa shape index (κ3) is 3.24. The molecule has 6 heteroatoms. The molecule has 0 radical (unpaired) electrons. The molecule has 4 atom stereocenters. The maximum Gasteiger partial charge on any atom is 0.233 e. The summed E-state index contributed by atoms with van der Waals surface area (Å²) in [6, 6.07) is 8.32. The summed E-state index contributed by atoms with van der Waals surface area (Å²) in [5.41, 5.74) is 2.40. The number of hydrogen-bond acceptors (Lipinski definition) is 3. The maximum atomic E-state index is 12.7. The van der Waals surface area contributed by atoms with Crippen molar-refractivity contribution in [3.8, 4) is 0 Å². The predicted molar refractivity (Wildman–Crippen MR) is 104 cm³/mol. The normalized spacial score (nSPS) is 28.8. The zero-order valence-electron chi connectivity index (χ0n) is 15.8. The number of allylic oxidation sites excluding steroid dienone is 2. The Morgan fingerprint density at radius 1 is 1.07 bits per heavy atom. The van der Waals surface area contributed by atoms with Gasteiger partial charge in [0.05, 0.1) is 11.8 Å². The van der Waals surface area contributed by atoms with E-state index in [0.717, 1.165) is 6.42 Å². The van der Waals surface area contributed by atoms with Crippen molar-refractivity contribution in [3.05, 3.63) is 47.5 Å². The van der Waals surface area contributed by atoms with E-state index < -0.39 is 0 Å². The Balaban J connectivity index is 1.27. The standard InChI is InChI=1S/C21H26N4O2/c1-13-3-5-14(6-4-13)12-24-21(22-2)23-9-10-25-19(26)17-15-7-8-16(11-15)18(17)20(25)27/h3-8,15-18H,9-12H2,1-2H3,(H2,22,23,24). The van der Waals surface area contributed by atoms with E-state index >= 15 is 0 Å². The molecule has 1 aliphatic heterocycles. The topological polar surface area (TPSA) is 73.8 Å². The molecule has 1 saturated heterocycles. The van der Waals surface area contributed by atoms with Crippen LogP contribution in [0.4, 0.5) is 0 Å². The van der Waals surface area contributed by atoms with Gasteiger partial charge in [0.15, 0.2) is 5.96 Å². The van der Waals surface area contributed by atoms with Crippen molar-refractivity contribution in [2.75, 3.05) is 20.1 Å². The highest BCUT2D eigenvalue weighted by Gasteiger charge is 2.58. The molecule has 2 fully saturated rings. The summed E-state index contributed by atoms with van der Waals surface area (Å²) in [7, 11) is 1.71. The summed E-state index contributed by atoms with van der Waals surface area (Å²) in [5, 5.41) is 6.46. The van der Waals surface area contributed by atoms with Crippen molar-refractivity contribution in [2.45, 2.75) is 19.9 Å². The fourth-order valence-electron chi connectivity index (χ4n) is 4.58. The van der Waals surface area contributed by atoms with Gasteiger partial charge < -0.3 is 10.6 Å². The number of likely N-dealkylation sites (tertiary alicyclic amines) is 1. The molecular weight excluding hydrogens is 340 g/mol. The third-order valence-electron chi connectivity index (χ3n) is 5.99. The first-order valence-electron chi connectivity index (χ1n) is 9.62. The lowest BCUT2D eigenvalue weighted by Crippen LogP contribution is -2.43. The fourth-order valence-corrected chi connectivity index (χ4v) is 4.58. The van der Waals surface area contributed by atoms with Gasteiger partial charge in [-0.25, -0.2) is 0 Å². The van der Waals surface area contributed by atoms with Crippen LogP contribution in [-0.2, 0) is 16.1 Å². The molecule has 2 N–H and O–H groups in total. The summed E-state index contributed by atoms with van der Waals surface area (Å²) >= 11 is 0. The Hall–Kier alpha value is -2.63. The maximum absolute atomic E-state index is 12.7. The van der Waals surface area contributed by atoms with E-state index in [4.69, 9.17) is 0 Å². The first-order chi connectivity index (χ1) is 13.1. The van der Waals surface area contributed by atoms with Gasteiger partial charge in [-0.2, -0.15) is 0 Å². The van der Waals surface area contributed by atoms with Gasteiger partial charge in [0.1, 0.15) is 0 Å². The quantitative estimate of drug-likeness (QED) is 0.358. The molecule has 0 spiro atoms. The van der Waals surface area contributed by atoms with Gasteiger partial charge in [-0.15, -0.1) is 0 Å². The molecule has 0 aromatic heterocycles. The molecule has 1 aromatic rings. The molecular formula is C21H26N4O2. The highest BCUT2D eigenvalue weighted by molar-refractivity contribution is 6.06. The van der Waals surface area contributed by atoms with Crippen molar-refractivity contribution in [3.63, 3.8) is 0 Å². The molecule has 6 nitrogen and oxygen atoms in total. The van der Waals surface area contributed by atoms with Crippen molar-refractivity contribution in [1.82, 2.24) is 15.5 Å². The summed E-state index contributed by atoms with van der Waals surface area (Å²) in [6.07, 6.45) is 5.21. The summed E-state index contributed by atoms with van der Waals surface area (Å²) in [4.78, 5) is 31.0. The van der Waals surface area contributed by atoms with Crippen LogP contribution >= 0.6 is 0 Å². The van der Waals surface area contributed by atoms with E-state index in [1.807, 2.05) is 0 Å². The molecule has 4 rings (SSSR count). The number of aliphatic imine (C=N–C) groups is 1. The van der Waals surface area contributed by atoms with Crippen LogP contribution < -0.4 is 10.6 Å². The summed E-state index contributed by atoms with van der Waals surface area (Å²) in [5.74, 6) is 0.962. The molecule has 2 aliphatic carbocycles. The van der Waals surface area contributed by atoms with Crippen molar-refractivity contribution in [1.29, 1.82) is 0 Å². The number of fused-ring (bicyclic) bond motifs is 5. The highest BCUT2D eigenvalue weighted by Crippen LogP contribution is 2.52. The Labute approximate surface area is 159 Å². The highest BCUT2D eigenvalue weighted by atomic mass is 16.2. The second-order valence-electron chi connectivity index (χ2n) is 7.67. The molecule has 3 aliphatic rings. The third-order valence-corrected chi connectivity index (χ3v) is 5.99. The Bertz CT molecular complexity index is 769. The number of aryl methyl sites for hydroxylation is 1. The minimum atomic E-state index is -0.119. The Kier molecular flexibility index (Phi) is 4.72. The number of amides is 2. The lowest BCUT2D eigenvalue weighted by atomic mass is 9.85. The molecule has 1 saturated carbocycles. The Morgan fingerprint density at radius 2 is 1.70 bits per heavy atom. The summed E-state index contributed by atoms with van der Waals surface area (Å²) < 4.78 is 0. The number of nitrogens with one attached hydrogen (secondary N) is 2. The van der Waals surface area contributed by atoms with Gasteiger partial charge in [0.25, 0.3) is 0 Å². The van der Waals surface area contributed by atoms with Crippen LogP contribution in [0.3, 0.4) is 0 Å². The number of imide groups is 1. The average molecular weight is 366 g/mol. The Morgan fingerprint density at radius 3 is 2.30 bits per heavy atom. The second-order valence-corrected chi connectivity index (χ2v) is 7.67. The van der Waals surface area contributed by atoms with Crippen LogP contribution in [0.15, 0.2) is 41.4 Å². The predicted octanol–water partition coefficient (Wildman–Crippen LogP) is 1.47. The number of hydrogen-bond donors (Lipinski definition) is 2. The van der Waals surface area contributed by atoms with Crippen LogP contribution in [0.1, 0.15) is 17.5 Å². The van der Waals surface area contributed by atoms with Crippen molar-refractivity contribution >= 4 is 17.8 Å². The number of benzene rings is 1. The van der Waals surface area contributed by atoms with Gasteiger partial charge in [-0.3, -0.25) is 19.5 Å². The average Bonchev–Trinajstić information content (AvgIpc) is 3.35. The largest absolute Gasteiger partial charge is 0.355 e. The van der Waals surface area contributed by atoms with Crippen LogP contribution in [0, 0.1) is 30.6 Å². The van der Waals surface area contributed by atoms with E-state index in [-0.39, 0.29) is 35.5 Å². The van der Waals surface area contributed by atoms with E-state index in [0.29, 0.717) is 25.6 Å². The van der Waals surface area contributed by atoms with Crippen LogP contribution in [0.2, 0.25) is 0 Å².